The van der Waals surface area contributed by atoms with Gasteiger partial charge < -0.3 is 9.15 Å². The van der Waals surface area contributed by atoms with Gasteiger partial charge in [-0.3, -0.25) is 4.79 Å². The third-order valence-electron chi connectivity index (χ3n) is 2.92. The Morgan fingerprint density at radius 2 is 1.86 bits per heavy atom. The van der Waals surface area contributed by atoms with E-state index in [9.17, 15) is 9.59 Å². The molecule has 0 saturated carbocycles. The standard InChI is InChI=1S/C16H15BrO4/c1-2-3-4-13(18)11-5-7-12(8-6-11)20-16(19)14-9-10-15(17)21-14/h5-10H,2-4H2,1H3. The second-order valence-electron chi connectivity index (χ2n) is 4.54. The second kappa shape index (κ2) is 7.22. The topological polar surface area (TPSA) is 56.5 Å². The van der Waals surface area contributed by atoms with Crippen molar-refractivity contribution in [1.29, 1.82) is 0 Å². The minimum absolute atomic E-state index is 0.102. The fourth-order valence-corrected chi connectivity index (χ4v) is 2.08. The Bertz CT molecular complexity index is 628. The van der Waals surface area contributed by atoms with Crippen LogP contribution in [0.5, 0.6) is 5.75 Å². The van der Waals surface area contributed by atoms with Crippen LogP contribution in [0.25, 0.3) is 0 Å². The molecular formula is C16H15BrO4. The zero-order chi connectivity index (χ0) is 15.2. The van der Waals surface area contributed by atoms with Crippen molar-refractivity contribution in [2.45, 2.75) is 26.2 Å². The number of Topliss-reactive ketones (excluding diaryl/α,β-unsaturated/α-hetero) is 1. The summed E-state index contributed by atoms with van der Waals surface area (Å²) in [5, 5.41) is 0. The van der Waals surface area contributed by atoms with E-state index in [2.05, 4.69) is 15.9 Å². The lowest BCUT2D eigenvalue weighted by molar-refractivity contribution is 0.0700. The van der Waals surface area contributed by atoms with Crippen LogP contribution in [0.1, 0.15) is 47.1 Å². The van der Waals surface area contributed by atoms with Crippen molar-refractivity contribution in [3.05, 3.63) is 52.4 Å². The number of halogens is 1. The third kappa shape index (κ3) is 4.29. The lowest BCUT2D eigenvalue weighted by Gasteiger charge is -2.04. The second-order valence-corrected chi connectivity index (χ2v) is 5.33. The number of rotatable bonds is 6. The van der Waals surface area contributed by atoms with Gasteiger partial charge in [-0.1, -0.05) is 13.3 Å². The number of benzene rings is 1. The van der Waals surface area contributed by atoms with E-state index < -0.39 is 5.97 Å². The molecule has 0 radical (unpaired) electrons. The molecule has 21 heavy (non-hydrogen) atoms. The lowest BCUT2D eigenvalue weighted by Crippen LogP contribution is -2.07. The van der Waals surface area contributed by atoms with Crippen molar-refractivity contribution in [2.75, 3.05) is 0 Å². The number of unbranched alkanes of at least 4 members (excludes halogenated alkanes) is 1. The summed E-state index contributed by atoms with van der Waals surface area (Å²) < 4.78 is 10.7. The van der Waals surface area contributed by atoms with Gasteiger partial charge in [-0.05, 0) is 58.7 Å². The molecule has 0 aliphatic heterocycles. The molecule has 0 saturated heterocycles. The van der Waals surface area contributed by atoms with Gasteiger partial charge in [0.15, 0.2) is 10.5 Å². The molecule has 2 aromatic rings. The van der Waals surface area contributed by atoms with Crippen molar-refractivity contribution < 1.29 is 18.7 Å². The van der Waals surface area contributed by atoms with Gasteiger partial charge >= 0.3 is 5.97 Å². The normalized spacial score (nSPS) is 10.4. The first-order valence-electron chi connectivity index (χ1n) is 6.71. The summed E-state index contributed by atoms with van der Waals surface area (Å²) in [4.78, 5) is 23.6. The predicted octanol–water partition coefficient (Wildman–Crippen LogP) is 4.63. The summed E-state index contributed by atoms with van der Waals surface area (Å²) in [7, 11) is 0. The molecule has 110 valence electrons. The molecular weight excluding hydrogens is 336 g/mol. The molecule has 4 nitrogen and oxygen atoms in total. The van der Waals surface area contributed by atoms with Crippen LogP contribution in [0.2, 0.25) is 0 Å². The van der Waals surface area contributed by atoms with Crippen LogP contribution in [0.4, 0.5) is 0 Å². The van der Waals surface area contributed by atoms with Crippen molar-refractivity contribution in [3.63, 3.8) is 0 Å². The van der Waals surface area contributed by atoms with Gasteiger partial charge in [0.1, 0.15) is 5.75 Å². The quantitative estimate of drug-likeness (QED) is 0.432. The highest BCUT2D eigenvalue weighted by Gasteiger charge is 2.13. The van der Waals surface area contributed by atoms with Gasteiger partial charge in [0, 0.05) is 12.0 Å². The lowest BCUT2D eigenvalue weighted by atomic mass is 10.1. The van der Waals surface area contributed by atoms with Gasteiger partial charge in [-0.15, -0.1) is 0 Å². The maximum atomic E-state index is 11.8. The summed E-state index contributed by atoms with van der Waals surface area (Å²) in [5.74, 6) is 0.0139. The Hall–Kier alpha value is -1.88. The highest BCUT2D eigenvalue weighted by Crippen LogP contribution is 2.18. The molecule has 1 heterocycles. The summed E-state index contributed by atoms with van der Waals surface area (Å²) in [6.07, 6.45) is 2.40. The highest BCUT2D eigenvalue weighted by atomic mass is 79.9. The zero-order valence-electron chi connectivity index (χ0n) is 11.6. The van der Waals surface area contributed by atoms with E-state index in [0.717, 1.165) is 12.8 Å². The summed E-state index contributed by atoms with van der Waals surface area (Å²) in [5.41, 5.74) is 0.629. The first kappa shape index (κ1) is 15.5. The Kier molecular flexibility index (Phi) is 5.33. The SMILES string of the molecule is CCCCC(=O)c1ccc(OC(=O)c2ccc(Br)o2)cc1. The Balaban J connectivity index is 1.99. The van der Waals surface area contributed by atoms with Crippen molar-refractivity contribution >= 4 is 27.7 Å². The van der Waals surface area contributed by atoms with E-state index in [1.54, 1.807) is 30.3 Å². The number of carbonyl (C=O) groups is 2. The fourth-order valence-electron chi connectivity index (χ4n) is 1.77. The molecule has 0 unspecified atom stereocenters. The summed E-state index contributed by atoms with van der Waals surface area (Å²) in [6, 6.07) is 9.68. The minimum Gasteiger partial charge on any atom is -0.442 e. The number of ether oxygens (including phenoxy) is 1. The highest BCUT2D eigenvalue weighted by molar-refractivity contribution is 9.10. The van der Waals surface area contributed by atoms with E-state index >= 15 is 0 Å². The van der Waals surface area contributed by atoms with Crippen LogP contribution in [0.15, 0.2) is 45.5 Å². The molecule has 1 aromatic carbocycles. The molecule has 0 aliphatic rings. The zero-order valence-corrected chi connectivity index (χ0v) is 13.2. The minimum atomic E-state index is -0.578. The van der Waals surface area contributed by atoms with Crippen LogP contribution in [-0.4, -0.2) is 11.8 Å². The number of ketones is 1. The maximum absolute atomic E-state index is 11.8. The maximum Gasteiger partial charge on any atom is 0.379 e. The number of esters is 1. The van der Waals surface area contributed by atoms with Crippen molar-refractivity contribution in [1.82, 2.24) is 0 Å². The van der Waals surface area contributed by atoms with Gasteiger partial charge in [0.25, 0.3) is 0 Å². The number of furan rings is 1. The van der Waals surface area contributed by atoms with Crippen LogP contribution in [0.3, 0.4) is 0 Å². The fraction of sp³-hybridized carbons (Fsp3) is 0.250. The molecule has 2 rings (SSSR count). The average Bonchev–Trinajstić information content (AvgIpc) is 2.92. The summed E-state index contributed by atoms with van der Waals surface area (Å²) >= 11 is 3.12. The van der Waals surface area contributed by atoms with Crippen LogP contribution >= 0.6 is 15.9 Å². The average molecular weight is 351 g/mol. The molecule has 0 atom stereocenters. The van der Waals surface area contributed by atoms with Gasteiger partial charge in [0.2, 0.25) is 5.76 Å². The van der Waals surface area contributed by atoms with Crippen molar-refractivity contribution in [3.8, 4) is 5.75 Å². The Labute approximate surface area is 131 Å². The smallest absolute Gasteiger partial charge is 0.379 e. The van der Waals surface area contributed by atoms with E-state index in [0.29, 0.717) is 22.4 Å². The number of hydrogen-bond acceptors (Lipinski definition) is 4. The van der Waals surface area contributed by atoms with Crippen molar-refractivity contribution in [2.24, 2.45) is 0 Å². The van der Waals surface area contributed by atoms with E-state index in [1.165, 1.54) is 6.07 Å². The first-order valence-corrected chi connectivity index (χ1v) is 7.50. The molecule has 0 N–H and O–H groups in total. The van der Waals surface area contributed by atoms with Crippen LogP contribution < -0.4 is 4.74 Å². The molecule has 1 aromatic heterocycles. The van der Waals surface area contributed by atoms with E-state index in [4.69, 9.17) is 9.15 Å². The molecule has 5 heteroatoms. The van der Waals surface area contributed by atoms with Gasteiger partial charge in [0.05, 0.1) is 0 Å². The molecule has 0 amide bonds. The van der Waals surface area contributed by atoms with Crippen LogP contribution in [0, 0.1) is 0 Å². The predicted molar refractivity (Wildman–Crippen MR) is 81.7 cm³/mol. The molecule has 0 fully saturated rings. The van der Waals surface area contributed by atoms with Crippen LogP contribution in [-0.2, 0) is 0 Å². The van der Waals surface area contributed by atoms with Gasteiger partial charge in [-0.25, -0.2) is 4.79 Å². The van der Waals surface area contributed by atoms with Gasteiger partial charge in [-0.2, -0.15) is 0 Å². The summed E-state index contributed by atoms with van der Waals surface area (Å²) in [6.45, 7) is 2.04. The molecule has 0 bridgehead atoms. The number of carbonyl (C=O) groups excluding carboxylic acids is 2. The molecule has 0 spiro atoms. The third-order valence-corrected chi connectivity index (χ3v) is 3.34. The van der Waals surface area contributed by atoms with E-state index in [-0.39, 0.29) is 11.5 Å². The first-order chi connectivity index (χ1) is 10.1. The van der Waals surface area contributed by atoms with E-state index in [1.807, 2.05) is 6.92 Å². The Morgan fingerprint density at radius 3 is 2.43 bits per heavy atom. The molecule has 0 aliphatic carbocycles. The largest absolute Gasteiger partial charge is 0.442 e. The number of hydrogen-bond donors (Lipinski definition) is 0. The Morgan fingerprint density at radius 1 is 1.14 bits per heavy atom. The monoisotopic (exact) mass is 350 g/mol.